The molecule has 0 saturated carbocycles. The highest BCUT2D eigenvalue weighted by molar-refractivity contribution is 5.97. The molecule has 9 heteroatoms. The summed E-state index contributed by atoms with van der Waals surface area (Å²) in [6, 6.07) is 15.2. The summed E-state index contributed by atoms with van der Waals surface area (Å²) in [5.41, 5.74) is 1.88. The first-order valence-corrected chi connectivity index (χ1v) is 9.93. The molecule has 0 atom stereocenters. The van der Waals surface area contributed by atoms with E-state index in [9.17, 15) is 13.6 Å². The zero-order chi connectivity index (χ0) is 22.5. The van der Waals surface area contributed by atoms with Crippen LogP contribution in [-0.2, 0) is 6.54 Å². The summed E-state index contributed by atoms with van der Waals surface area (Å²) in [5, 5.41) is 2.80. The number of nitrogens with one attached hydrogen (secondary N) is 2. The number of hydrogen-bond donors (Lipinski definition) is 2. The third-order valence-electron chi connectivity index (χ3n) is 4.58. The molecule has 0 aliphatic carbocycles. The Kier molecular flexibility index (Phi) is 6.25. The number of carbonyl (C=O) groups excluding carboxylic acids is 1. The number of pyridine rings is 1. The second-order valence-corrected chi connectivity index (χ2v) is 6.85. The number of carbonyl (C=O) groups is 1. The number of alkyl halides is 2. The smallest absolute Gasteiger partial charge is 0.295 e. The Morgan fingerprint density at radius 2 is 1.88 bits per heavy atom. The highest BCUT2D eigenvalue weighted by Crippen LogP contribution is 2.23. The van der Waals surface area contributed by atoms with Gasteiger partial charge in [-0.25, -0.2) is 18.7 Å². The minimum absolute atomic E-state index is 0.240. The molecule has 0 spiro atoms. The van der Waals surface area contributed by atoms with Gasteiger partial charge in [-0.05, 0) is 61.0 Å². The van der Waals surface area contributed by atoms with E-state index in [1.807, 2.05) is 19.1 Å². The maximum absolute atomic E-state index is 12.8. The third-order valence-corrected chi connectivity index (χ3v) is 4.58. The van der Waals surface area contributed by atoms with Gasteiger partial charge < -0.3 is 19.8 Å². The maximum atomic E-state index is 12.8. The zero-order valence-electron chi connectivity index (χ0n) is 17.1. The summed E-state index contributed by atoms with van der Waals surface area (Å²) in [4.78, 5) is 23.0. The van der Waals surface area contributed by atoms with Crippen molar-refractivity contribution in [2.75, 3.05) is 6.61 Å². The molecule has 1 amide bonds. The monoisotopic (exact) mass is 438 g/mol. The lowest BCUT2D eigenvalue weighted by Gasteiger charge is -2.09. The zero-order valence-corrected chi connectivity index (χ0v) is 17.1. The number of imidazole rings is 1. The van der Waals surface area contributed by atoms with E-state index in [2.05, 4.69) is 20.3 Å². The van der Waals surface area contributed by atoms with Crippen LogP contribution in [-0.4, -0.2) is 27.5 Å². The molecule has 2 aromatic heterocycles. The number of H-pyrrole nitrogens is 1. The van der Waals surface area contributed by atoms with Crippen molar-refractivity contribution in [3.05, 3.63) is 77.7 Å². The van der Waals surface area contributed by atoms with E-state index in [4.69, 9.17) is 9.47 Å². The van der Waals surface area contributed by atoms with Crippen molar-refractivity contribution in [3.8, 4) is 17.4 Å². The van der Waals surface area contributed by atoms with Gasteiger partial charge in [-0.2, -0.15) is 0 Å². The predicted octanol–water partition coefficient (Wildman–Crippen LogP) is 5.02. The molecule has 4 aromatic rings. The molecule has 0 unspecified atom stereocenters. The molecular formula is C23H20F2N4O3. The molecule has 0 bridgehead atoms. The van der Waals surface area contributed by atoms with E-state index in [0.29, 0.717) is 34.8 Å². The number of amides is 1. The number of rotatable bonds is 8. The van der Waals surface area contributed by atoms with Gasteiger partial charge in [0.05, 0.1) is 17.6 Å². The molecule has 2 heterocycles. The first-order valence-electron chi connectivity index (χ1n) is 9.93. The Labute approximate surface area is 182 Å². The first kappa shape index (κ1) is 21.2. The van der Waals surface area contributed by atoms with Crippen LogP contribution >= 0.6 is 0 Å². The lowest BCUT2D eigenvalue weighted by atomic mass is 10.2. The SMILES string of the molecule is CCOc1ccc(Oc2cc(CNC(=O)c3ccc4nc(C(F)F)[nH]c4c3)ccn2)cc1. The Hall–Kier alpha value is -4.01. The Bertz CT molecular complexity index is 1230. The Morgan fingerprint density at radius 1 is 1.09 bits per heavy atom. The van der Waals surface area contributed by atoms with Crippen LogP contribution in [0.5, 0.6) is 17.4 Å². The Morgan fingerprint density at radius 3 is 2.62 bits per heavy atom. The topological polar surface area (TPSA) is 89.1 Å². The molecule has 2 aromatic carbocycles. The van der Waals surface area contributed by atoms with Gasteiger partial charge in [0.2, 0.25) is 5.88 Å². The lowest BCUT2D eigenvalue weighted by molar-refractivity contribution is 0.0951. The van der Waals surface area contributed by atoms with Crippen molar-refractivity contribution < 1.29 is 23.0 Å². The van der Waals surface area contributed by atoms with Gasteiger partial charge in [0, 0.05) is 24.4 Å². The number of hydrogen-bond acceptors (Lipinski definition) is 5. The molecule has 0 saturated heterocycles. The van der Waals surface area contributed by atoms with Crippen LogP contribution in [0.25, 0.3) is 11.0 Å². The number of benzene rings is 2. The van der Waals surface area contributed by atoms with Crippen molar-refractivity contribution in [1.82, 2.24) is 20.3 Å². The molecule has 7 nitrogen and oxygen atoms in total. The second-order valence-electron chi connectivity index (χ2n) is 6.85. The van der Waals surface area contributed by atoms with Gasteiger partial charge in [0.25, 0.3) is 12.3 Å². The quantitative estimate of drug-likeness (QED) is 0.403. The molecule has 2 N–H and O–H groups in total. The summed E-state index contributed by atoms with van der Waals surface area (Å²) in [6.45, 7) is 2.74. The summed E-state index contributed by atoms with van der Waals surface area (Å²) in [5.74, 6) is 0.987. The number of halogens is 2. The van der Waals surface area contributed by atoms with Crippen molar-refractivity contribution in [3.63, 3.8) is 0 Å². The number of fused-ring (bicyclic) bond motifs is 1. The Balaban J connectivity index is 1.39. The average molecular weight is 438 g/mol. The molecular weight excluding hydrogens is 418 g/mol. The van der Waals surface area contributed by atoms with Crippen LogP contribution < -0.4 is 14.8 Å². The standard InChI is InChI=1S/C23H20F2N4O3/c1-2-31-16-4-6-17(7-5-16)32-20-11-14(9-10-26-20)13-27-23(30)15-3-8-18-19(12-15)29-22(28-18)21(24)25/h3-12,21H,2,13H2,1H3,(H,27,30)(H,28,29). The fourth-order valence-electron chi connectivity index (χ4n) is 3.07. The third kappa shape index (κ3) is 5.00. The van der Waals surface area contributed by atoms with Crippen molar-refractivity contribution in [2.24, 2.45) is 0 Å². The van der Waals surface area contributed by atoms with Gasteiger partial charge in [-0.15, -0.1) is 0 Å². The predicted molar refractivity (Wildman–Crippen MR) is 114 cm³/mol. The van der Waals surface area contributed by atoms with Gasteiger partial charge >= 0.3 is 0 Å². The van der Waals surface area contributed by atoms with E-state index in [1.54, 1.807) is 36.5 Å². The summed E-state index contributed by atoms with van der Waals surface area (Å²) in [6.07, 6.45) is -1.11. The minimum atomic E-state index is -2.70. The molecule has 0 aliphatic heterocycles. The molecule has 32 heavy (non-hydrogen) atoms. The molecule has 4 rings (SSSR count). The number of nitrogens with zero attached hydrogens (tertiary/aromatic N) is 2. The normalized spacial score (nSPS) is 11.0. The highest BCUT2D eigenvalue weighted by atomic mass is 19.3. The number of aromatic nitrogens is 3. The van der Waals surface area contributed by atoms with E-state index < -0.39 is 12.2 Å². The number of aromatic amines is 1. The summed E-state index contributed by atoms with van der Waals surface area (Å²) in [7, 11) is 0. The second kappa shape index (κ2) is 9.42. The van der Waals surface area contributed by atoms with Crippen LogP contribution in [0.15, 0.2) is 60.8 Å². The first-order chi connectivity index (χ1) is 15.5. The van der Waals surface area contributed by atoms with Crippen LogP contribution in [0.3, 0.4) is 0 Å². The fraction of sp³-hybridized carbons (Fsp3) is 0.174. The van der Waals surface area contributed by atoms with Gasteiger partial charge in [0.1, 0.15) is 11.5 Å². The van der Waals surface area contributed by atoms with Gasteiger partial charge in [-0.1, -0.05) is 0 Å². The van der Waals surface area contributed by atoms with Crippen molar-refractivity contribution in [1.29, 1.82) is 0 Å². The van der Waals surface area contributed by atoms with E-state index in [1.165, 1.54) is 12.1 Å². The van der Waals surface area contributed by atoms with Crippen LogP contribution in [0.2, 0.25) is 0 Å². The van der Waals surface area contributed by atoms with Gasteiger partial charge in [-0.3, -0.25) is 4.79 Å². The van der Waals surface area contributed by atoms with Crippen LogP contribution in [0, 0.1) is 0 Å². The van der Waals surface area contributed by atoms with Crippen LogP contribution in [0.1, 0.15) is 35.1 Å². The van der Waals surface area contributed by atoms with E-state index in [-0.39, 0.29) is 12.5 Å². The van der Waals surface area contributed by atoms with E-state index >= 15 is 0 Å². The molecule has 0 fully saturated rings. The minimum Gasteiger partial charge on any atom is -0.494 e. The maximum Gasteiger partial charge on any atom is 0.295 e. The highest BCUT2D eigenvalue weighted by Gasteiger charge is 2.14. The average Bonchev–Trinajstić information content (AvgIpc) is 3.23. The van der Waals surface area contributed by atoms with E-state index in [0.717, 1.165) is 11.3 Å². The largest absolute Gasteiger partial charge is 0.494 e. The molecule has 164 valence electrons. The molecule has 0 radical (unpaired) electrons. The molecule has 0 aliphatic rings. The van der Waals surface area contributed by atoms with Crippen LogP contribution in [0.4, 0.5) is 8.78 Å². The summed E-state index contributed by atoms with van der Waals surface area (Å²) < 4.78 is 36.8. The van der Waals surface area contributed by atoms with Crippen molar-refractivity contribution in [2.45, 2.75) is 19.9 Å². The lowest BCUT2D eigenvalue weighted by Crippen LogP contribution is -2.22. The number of ether oxygens (including phenoxy) is 2. The van der Waals surface area contributed by atoms with Crippen molar-refractivity contribution >= 4 is 16.9 Å². The van der Waals surface area contributed by atoms with Gasteiger partial charge in [0.15, 0.2) is 5.82 Å². The fourth-order valence-corrected chi connectivity index (χ4v) is 3.07. The summed E-state index contributed by atoms with van der Waals surface area (Å²) >= 11 is 0.